The fourth-order valence-corrected chi connectivity index (χ4v) is 3.48. The lowest BCUT2D eigenvalue weighted by molar-refractivity contribution is -0.0438. The summed E-state index contributed by atoms with van der Waals surface area (Å²) in [5, 5.41) is 10.5. The van der Waals surface area contributed by atoms with Gasteiger partial charge in [0, 0.05) is 12.6 Å². The van der Waals surface area contributed by atoms with Crippen molar-refractivity contribution in [1.29, 1.82) is 0 Å². The first-order chi connectivity index (χ1) is 8.54. The maximum absolute atomic E-state index is 10.5. The molecule has 0 aromatic heterocycles. The van der Waals surface area contributed by atoms with Crippen molar-refractivity contribution in [3.8, 4) is 0 Å². The molecule has 1 N–H and O–H groups in total. The van der Waals surface area contributed by atoms with E-state index in [1.165, 1.54) is 51.5 Å². The van der Waals surface area contributed by atoms with Gasteiger partial charge in [0.25, 0.3) is 0 Å². The minimum atomic E-state index is -0.103. The molecule has 2 heteroatoms. The lowest BCUT2D eigenvalue weighted by atomic mass is 9.69. The summed E-state index contributed by atoms with van der Waals surface area (Å²) >= 11 is 0. The Hall–Kier alpha value is -0.0800. The first kappa shape index (κ1) is 14.3. The lowest BCUT2D eigenvalue weighted by Gasteiger charge is -2.42. The van der Waals surface area contributed by atoms with E-state index in [-0.39, 0.29) is 11.5 Å². The SMILES string of the molecule is CCCCN(CC1CCCC(C)(C)C1O)C1CC1. The molecule has 2 atom stereocenters. The van der Waals surface area contributed by atoms with Crippen molar-refractivity contribution in [2.75, 3.05) is 13.1 Å². The third-order valence-electron chi connectivity index (χ3n) is 4.97. The molecule has 2 rings (SSSR count). The maximum atomic E-state index is 10.5. The minimum absolute atomic E-state index is 0.103. The first-order valence-corrected chi connectivity index (χ1v) is 7.96. The number of hydrogen-bond donors (Lipinski definition) is 1. The summed E-state index contributed by atoms with van der Waals surface area (Å²) in [6.45, 7) is 9.11. The van der Waals surface area contributed by atoms with Gasteiger partial charge < -0.3 is 10.0 Å². The Morgan fingerprint density at radius 1 is 1.22 bits per heavy atom. The van der Waals surface area contributed by atoms with Crippen LogP contribution in [0.15, 0.2) is 0 Å². The lowest BCUT2D eigenvalue weighted by Crippen LogP contribution is -2.45. The van der Waals surface area contributed by atoms with Crippen molar-refractivity contribution in [2.45, 2.75) is 77.9 Å². The number of hydrogen-bond acceptors (Lipinski definition) is 2. The summed E-state index contributed by atoms with van der Waals surface area (Å²) in [5.74, 6) is 0.506. The maximum Gasteiger partial charge on any atom is 0.0631 e. The van der Waals surface area contributed by atoms with Crippen LogP contribution in [0.3, 0.4) is 0 Å². The van der Waals surface area contributed by atoms with Crippen LogP contribution >= 0.6 is 0 Å². The van der Waals surface area contributed by atoms with E-state index in [0.717, 1.165) is 12.6 Å². The molecule has 2 aliphatic carbocycles. The Bertz CT molecular complexity index is 260. The highest BCUT2D eigenvalue weighted by Gasteiger charge is 2.40. The van der Waals surface area contributed by atoms with E-state index in [4.69, 9.17) is 0 Å². The van der Waals surface area contributed by atoms with E-state index < -0.39 is 0 Å². The number of aliphatic hydroxyl groups excluding tert-OH is 1. The van der Waals surface area contributed by atoms with Gasteiger partial charge in [-0.2, -0.15) is 0 Å². The summed E-state index contributed by atoms with van der Waals surface area (Å²) < 4.78 is 0. The van der Waals surface area contributed by atoms with Crippen LogP contribution in [0.2, 0.25) is 0 Å². The van der Waals surface area contributed by atoms with Crippen molar-refractivity contribution in [2.24, 2.45) is 11.3 Å². The molecule has 2 saturated carbocycles. The van der Waals surface area contributed by atoms with Gasteiger partial charge in [-0.05, 0) is 50.0 Å². The Balaban J connectivity index is 1.89. The Labute approximate surface area is 113 Å². The molecular formula is C16H31NO. The Morgan fingerprint density at radius 2 is 1.94 bits per heavy atom. The average Bonchev–Trinajstić information content (AvgIpc) is 3.14. The van der Waals surface area contributed by atoms with Crippen LogP contribution in [0.5, 0.6) is 0 Å². The van der Waals surface area contributed by atoms with Gasteiger partial charge in [0.05, 0.1) is 6.10 Å². The van der Waals surface area contributed by atoms with Crippen molar-refractivity contribution in [3.63, 3.8) is 0 Å². The quantitative estimate of drug-likeness (QED) is 0.784. The number of unbranched alkanes of at least 4 members (excludes halogenated alkanes) is 1. The van der Waals surface area contributed by atoms with Gasteiger partial charge in [0.1, 0.15) is 0 Å². The topological polar surface area (TPSA) is 23.5 Å². The predicted molar refractivity (Wildman–Crippen MR) is 76.6 cm³/mol. The summed E-state index contributed by atoms with van der Waals surface area (Å²) in [7, 11) is 0. The van der Waals surface area contributed by atoms with Gasteiger partial charge in [0.2, 0.25) is 0 Å². The third kappa shape index (κ3) is 3.48. The van der Waals surface area contributed by atoms with Crippen molar-refractivity contribution >= 4 is 0 Å². The summed E-state index contributed by atoms with van der Waals surface area (Å²) in [4.78, 5) is 2.67. The zero-order chi connectivity index (χ0) is 13.2. The molecule has 0 aliphatic heterocycles. The highest BCUT2D eigenvalue weighted by molar-refractivity contribution is 4.92. The molecule has 0 spiro atoms. The fraction of sp³-hybridized carbons (Fsp3) is 1.00. The minimum Gasteiger partial charge on any atom is -0.392 e. The van der Waals surface area contributed by atoms with Crippen LogP contribution in [0.25, 0.3) is 0 Å². The van der Waals surface area contributed by atoms with E-state index in [1.807, 2.05) is 0 Å². The van der Waals surface area contributed by atoms with E-state index >= 15 is 0 Å². The zero-order valence-electron chi connectivity index (χ0n) is 12.5. The number of rotatable bonds is 6. The number of aliphatic hydroxyl groups is 1. The number of nitrogens with zero attached hydrogens (tertiary/aromatic N) is 1. The molecule has 0 amide bonds. The molecule has 2 fully saturated rings. The molecule has 0 radical (unpaired) electrons. The van der Waals surface area contributed by atoms with Crippen LogP contribution in [0.4, 0.5) is 0 Å². The second-order valence-electron chi connectivity index (χ2n) is 7.17. The molecule has 0 aromatic carbocycles. The van der Waals surface area contributed by atoms with Crippen molar-refractivity contribution in [1.82, 2.24) is 4.90 Å². The molecule has 2 nitrogen and oxygen atoms in total. The highest BCUT2D eigenvalue weighted by Crippen LogP contribution is 2.40. The monoisotopic (exact) mass is 253 g/mol. The van der Waals surface area contributed by atoms with Gasteiger partial charge in [0.15, 0.2) is 0 Å². The Morgan fingerprint density at radius 3 is 2.56 bits per heavy atom. The summed E-state index contributed by atoms with van der Waals surface area (Å²) in [5.41, 5.74) is 0.128. The molecule has 18 heavy (non-hydrogen) atoms. The normalized spacial score (nSPS) is 31.8. The third-order valence-corrected chi connectivity index (χ3v) is 4.97. The summed E-state index contributed by atoms with van der Waals surface area (Å²) in [6.07, 6.45) is 8.95. The molecule has 0 heterocycles. The van der Waals surface area contributed by atoms with Crippen LogP contribution in [-0.2, 0) is 0 Å². The van der Waals surface area contributed by atoms with Crippen molar-refractivity contribution in [3.05, 3.63) is 0 Å². The standard InChI is InChI=1S/C16H31NO/c1-4-5-11-17(14-8-9-14)12-13-7-6-10-16(2,3)15(13)18/h13-15,18H,4-12H2,1-3H3. The molecule has 2 aliphatic rings. The average molecular weight is 253 g/mol. The van der Waals surface area contributed by atoms with Crippen LogP contribution in [0, 0.1) is 11.3 Å². The van der Waals surface area contributed by atoms with E-state index in [0.29, 0.717) is 5.92 Å². The molecule has 106 valence electrons. The summed E-state index contributed by atoms with van der Waals surface area (Å²) in [6, 6.07) is 0.841. The molecular weight excluding hydrogens is 222 g/mol. The Kier molecular flexibility index (Phi) is 4.71. The van der Waals surface area contributed by atoms with Gasteiger partial charge >= 0.3 is 0 Å². The van der Waals surface area contributed by atoms with Crippen molar-refractivity contribution < 1.29 is 5.11 Å². The second kappa shape index (κ2) is 5.92. The highest BCUT2D eigenvalue weighted by atomic mass is 16.3. The second-order valence-corrected chi connectivity index (χ2v) is 7.17. The van der Waals surface area contributed by atoms with Crippen LogP contribution in [-0.4, -0.2) is 35.2 Å². The molecule has 0 bridgehead atoms. The van der Waals surface area contributed by atoms with Gasteiger partial charge in [-0.25, -0.2) is 0 Å². The molecule has 0 aromatic rings. The van der Waals surface area contributed by atoms with Crippen LogP contribution in [0.1, 0.15) is 65.7 Å². The van der Waals surface area contributed by atoms with Gasteiger partial charge in [-0.15, -0.1) is 0 Å². The van der Waals surface area contributed by atoms with E-state index in [9.17, 15) is 5.11 Å². The smallest absolute Gasteiger partial charge is 0.0631 e. The zero-order valence-corrected chi connectivity index (χ0v) is 12.5. The van der Waals surface area contributed by atoms with Crippen LogP contribution < -0.4 is 0 Å². The molecule has 2 unspecified atom stereocenters. The van der Waals surface area contributed by atoms with Gasteiger partial charge in [-0.1, -0.05) is 33.6 Å². The largest absolute Gasteiger partial charge is 0.392 e. The predicted octanol–water partition coefficient (Wildman–Crippen LogP) is 3.44. The molecule has 0 saturated heterocycles. The van der Waals surface area contributed by atoms with E-state index in [1.54, 1.807) is 0 Å². The van der Waals surface area contributed by atoms with E-state index in [2.05, 4.69) is 25.7 Å². The van der Waals surface area contributed by atoms with Gasteiger partial charge in [-0.3, -0.25) is 0 Å². The first-order valence-electron chi connectivity index (χ1n) is 7.96. The fourth-order valence-electron chi connectivity index (χ4n) is 3.48.